The Morgan fingerprint density at radius 3 is 2.60 bits per heavy atom. The highest BCUT2D eigenvalue weighted by Gasteiger charge is 1.97. The number of benzene rings is 2. The first kappa shape index (κ1) is 10.1. The Labute approximate surface area is 92.8 Å². The first-order valence-electron chi connectivity index (χ1n) is 4.68. The molecule has 0 fully saturated rings. The summed E-state index contributed by atoms with van der Waals surface area (Å²) in [7, 11) is 0. The molecule has 0 aliphatic carbocycles. The Hall–Kier alpha value is -1.48. The van der Waals surface area contributed by atoms with Crippen molar-refractivity contribution in [2.24, 2.45) is 0 Å². The molecule has 0 unspecified atom stereocenters. The summed E-state index contributed by atoms with van der Waals surface area (Å²) in [6.45, 7) is 1.51. The summed E-state index contributed by atoms with van der Waals surface area (Å²) in [5, 5.41) is 2.40. The van der Waals surface area contributed by atoms with Gasteiger partial charge in [0.2, 0.25) is 5.91 Å². The molecule has 3 heteroatoms. The second-order valence-electron chi connectivity index (χ2n) is 3.27. The summed E-state index contributed by atoms with van der Waals surface area (Å²) in [5.41, 5.74) is 0. The van der Waals surface area contributed by atoms with Crippen LogP contribution >= 0.6 is 11.9 Å². The molecule has 1 amide bonds. The van der Waals surface area contributed by atoms with Gasteiger partial charge in [-0.15, -0.1) is 0 Å². The predicted molar refractivity (Wildman–Crippen MR) is 63.6 cm³/mol. The van der Waals surface area contributed by atoms with Gasteiger partial charge in [-0.3, -0.25) is 9.52 Å². The normalized spacial score (nSPS) is 10.2. The van der Waals surface area contributed by atoms with Crippen LogP contribution in [0.2, 0.25) is 0 Å². The lowest BCUT2D eigenvalue weighted by atomic mass is 10.1. The minimum absolute atomic E-state index is 0.0341. The van der Waals surface area contributed by atoms with Crippen molar-refractivity contribution in [3.63, 3.8) is 0 Å². The van der Waals surface area contributed by atoms with Gasteiger partial charge in [0.25, 0.3) is 0 Å². The average molecular weight is 217 g/mol. The lowest BCUT2D eigenvalue weighted by Gasteiger charge is -2.03. The van der Waals surface area contributed by atoms with Crippen molar-refractivity contribution in [1.29, 1.82) is 0 Å². The Morgan fingerprint density at radius 2 is 1.87 bits per heavy atom. The van der Waals surface area contributed by atoms with E-state index in [1.807, 2.05) is 18.2 Å². The van der Waals surface area contributed by atoms with Gasteiger partial charge in [-0.2, -0.15) is 0 Å². The number of hydrogen-bond donors (Lipinski definition) is 1. The van der Waals surface area contributed by atoms with Crippen LogP contribution in [-0.4, -0.2) is 5.91 Å². The molecule has 0 heterocycles. The van der Waals surface area contributed by atoms with E-state index in [2.05, 4.69) is 29.0 Å². The zero-order valence-corrected chi connectivity index (χ0v) is 9.17. The van der Waals surface area contributed by atoms with E-state index >= 15 is 0 Å². The summed E-state index contributed by atoms with van der Waals surface area (Å²) in [5.74, 6) is -0.0341. The third-order valence-electron chi connectivity index (χ3n) is 2.03. The van der Waals surface area contributed by atoms with Crippen LogP contribution in [0.15, 0.2) is 47.4 Å². The molecule has 0 saturated heterocycles. The van der Waals surface area contributed by atoms with Gasteiger partial charge in [-0.25, -0.2) is 0 Å². The summed E-state index contributed by atoms with van der Waals surface area (Å²) in [4.78, 5) is 11.8. The van der Waals surface area contributed by atoms with E-state index in [0.29, 0.717) is 0 Å². The summed E-state index contributed by atoms with van der Waals surface area (Å²) >= 11 is 1.34. The number of fused-ring (bicyclic) bond motifs is 1. The topological polar surface area (TPSA) is 29.1 Å². The first-order chi connectivity index (χ1) is 7.25. The lowest BCUT2D eigenvalue weighted by molar-refractivity contribution is -0.117. The second kappa shape index (κ2) is 4.36. The zero-order valence-electron chi connectivity index (χ0n) is 8.36. The molecule has 2 aromatic carbocycles. The molecule has 0 aliphatic heterocycles. The fourth-order valence-electron chi connectivity index (χ4n) is 1.36. The van der Waals surface area contributed by atoms with Crippen molar-refractivity contribution in [2.45, 2.75) is 11.8 Å². The smallest absolute Gasteiger partial charge is 0.226 e. The molecule has 0 bridgehead atoms. The van der Waals surface area contributed by atoms with Gasteiger partial charge in [-0.1, -0.05) is 30.3 Å². The van der Waals surface area contributed by atoms with E-state index in [1.54, 1.807) is 0 Å². The van der Waals surface area contributed by atoms with Crippen LogP contribution in [0.3, 0.4) is 0 Å². The van der Waals surface area contributed by atoms with Crippen LogP contribution in [0.4, 0.5) is 0 Å². The molecule has 2 rings (SSSR count). The lowest BCUT2D eigenvalue weighted by Crippen LogP contribution is -2.09. The van der Waals surface area contributed by atoms with Gasteiger partial charge in [-0.05, 0) is 34.9 Å². The van der Waals surface area contributed by atoms with Crippen molar-refractivity contribution in [1.82, 2.24) is 4.72 Å². The van der Waals surface area contributed by atoms with E-state index in [-0.39, 0.29) is 5.91 Å². The Morgan fingerprint density at radius 1 is 1.13 bits per heavy atom. The van der Waals surface area contributed by atoms with Crippen LogP contribution in [0.25, 0.3) is 10.8 Å². The number of nitrogens with one attached hydrogen (secondary N) is 1. The van der Waals surface area contributed by atoms with Crippen LogP contribution in [0, 0.1) is 0 Å². The fraction of sp³-hybridized carbons (Fsp3) is 0.0833. The predicted octanol–water partition coefficient (Wildman–Crippen LogP) is 2.98. The van der Waals surface area contributed by atoms with Gasteiger partial charge in [0, 0.05) is 11.8 Å². The van der Waals surface area contributed by atoms with Gasteiger partial charge in [0.05, 0.1) is 0 Å². The maximum atomic E-state index is 10.7. The van der Waals surface area contributed by atoms with E-state index in [4.69, 9.17) is 0 Å². The maximum absolute atomic E-state index is 10.7. The largest absolute Gasteiger partial charge is 0.296 e. The molecule has 0 radical (unpaired) electrons. The van der Waals surface area contributed by atoms with Crippen molar-refractivity contribution in [2.75, 3.05) is 0 Å². The van der Waals surface area contributed by atoms with Crippen LogP contribution < -0.4 is 4.72 Å². The number of carbonyl (C=O) groups excluding carboxylic acids is 1. The third-order valence-corrected chi connectivity index (χ3v) is 2.91. The number of rotatable bonds is 2. The molecule has 0 spiro atoms. The van der Waals surface area contributed by atoms with Gasteiger partial charge in [0.1, 0.15) is 0 Å². The highest BCUT2D eigenvalue weighted by Crippen LogP contribution is 2.21. The van der Waals surface area contributed by atoms with Crippen LogP contribution in [0.5, 0.6) is 0 Å². The van der Waals surface area contributed by atoms with Gasteiger partial charge < -0.3 is 0 Å². The van der Waals surface area contributed by atoms with Crippen LogP contribution in [0.1, 0.15) is 6.92 Å². The minimum Gasteiger partial charge on any atom is -0.296 e. The zero-order chi connectivity index (χ0) is 10.7. The van der Waals surface area contributed by atoms with Crippen molar-refractivity contribution < 1.29 is 4.79 Å². The quantitative estimate of drug-likeness (QED) is 0.783. The molecule has 76 valence electrons. The molecular weight excluding hydrogens is 206 g/mol. The average Bonchev–Trinajstić information content (AvgIpc) is 2.26. The third kappa shape index (κ3) is 2.50. The molecule has 0 atom stereocenters. The highest BCUT2D eigenvalue weighted by atomic mass is 32.2. The number of carbonyl (C=O) groups is 1. The molecule has 2 nitrogen and oxygen atoms in total. The molecule has 2 aromatic rings. The molecular formula is C12H11NOS. The summed E-state index contributed by atoms with van der Waals surface area (Å²) in [6, 6.07) is 14.3. The number of amides is 1. The minimum atomic E-state index is -0.0341. The summed E-state index contributed by atoms with van der Waals surface area (Å²) < 4.78 is 2.70. The van der Waals surface area contributed by atoms with Crippen molar-refractivity contribution in [3.8, 4) is 0 Å². The SMILES string of the molecule is CC(=O)NSc1ccc2ccccc2c1. The highest BCUT2D eigenvalue weighted by molar-refractivity contribution is 7.98. The first-order valence-corrected chi connectivity index (χ1v) is 5.49. The Bertz CT molecular complexity index is 496. The van der Waals surface area contributed by atoms with Gasteiger partial charge >= 0.3 is 0 Å². The summed E-state index contributed by atoms with van der Waals surface area (Å²) in [6.07, 6.45) is 0. The molecule has 15 heavy (non-hydrogen) atoms. The standard InChI is InChI=1S/C12H11NOS/c1-9(14)13-15-12-7-6-10-4-2-3-5-11(10)8-12/h2-8H,1H3,(H,13,14). The second-order valence-corrected chi connectivity index (χ2v) is 4.15. The number of hydrogen-bond acceptors (Lipinski definition) is 2. The van der Waals surface area contributed by atoms with E-state index in [0.717, 1.165) is 4.90 Å². The van der Waals surface area contributed by atoms with E-state index in [9.17, 15) is 4.79 Å². The van der Waals surface area contributed by atoms with Gasteiger partial charge in [0.15, 0.2) is 0 Å². The maximum Gasteiger partial charge on any atom is 0.226 e. The molecule has 0 aromatic heterocycles. The van der Waals surface area contributed by atoms with Crippen molar-refractivity contribution >= 4 is 28.6 Å². The Kier molecular flexibility index (Phi) is 2.92. The Balaban J connectivity index is 2.26. The molecule has 0 aliphatic rings. The van der Waals surface area contributed by atoms with E-state index < -0.39 is 0 Å². The van der Waals surface area contributed by atoms with Crippen molar-refractivity contribution in [3.05, 3.63) is 42.5 Å². The van der Waals surface area contributed by atoms with E-state index in [1.165, 1.54) is 29.6 Å². The van der Waals surface area contributed by atoms with Crippen LogP contribution in [-0.2, 0) is 4.79 Å². The fourth-order valence-corrected chi connectivity index (χ4v) is 1.95. The molecule has 1 N–H and O–H groups in total. The molecule has 0 saturated carbocycles. The monoisotopic (exact) mass is 217 g/mol.